The number of methoxy groups -OCH3 is 2. The van der Waals surface area contributed by atoms with E-state index in [4.69, 9.17) is 9.47 Å². The first-order valence-corrected chi connectivity index (χ1v) is 11.8. The molecule has 3 aromatic rings. The Kier molecular flexibility index (Phi) is 6.79. The fraction of sp³-hybridized carbons (Fsp3) is 0.458. The highest BCUT2D eigenvalue weighted by atomic mass is 32.1. The van der Waals surface area contributed by atoms with Crippen LogP contribution in [-0.4, -0.2) is 49.7 Å². The van der Waals surface area contributed by atoms with E-state index in [1.165, 1.54) is 11.3 Å². The molecule has 0 saturated carbocycles. The number of anilines is 1. The van der Waals surface area contributed by atoms with Gasteiger partial charge in [0.15, 0.2) is 11.5 Å². The lowest BCUT2D eigenvalue weighted by molar-refractivity contribution is 0.0957. The summed E-state index contributed by atoms with van der Waals surface area (Å²) in [4.78, 5) is 25.9. The molecule has 0 atom stereocenters. The number of nitrogens with zero attached hydrogens (tertiary/aromatic N) is 3. The van der Waals surface area contributed by atoms with Crippen LogP contribution in [0, 0.1) is 12.8 Å². The minimum Gasteiger partial charge on any atom is -0.493 e. The van der Waals surface area contributed by atoms with Crippen molar-refractivity contribution in [2.75, 3.05) is 38.8 Å². The molecule has 0 radical (unpaired) electrons. The van der Waals surface area contributed by atoms with Crippen molar-refractivity contribution < 1.29 is 14.3 Å². The maximum absolute atomic E-state index is 13.0. The Morgan fingerprint density at radius 1 is 1.19 bits per heavy atom. The van der Waals surface area contributed by atoms with Crippen LogP contribution in [0.4, 0.5) is 5.82 Å². The lowest BCUT2D eigenvalue weighted by Crippen LogP contribution is -2.33. The lowest BCUT2D eigenvalue weighted by Gasteiger charge is -2.31. The van der Waals surface area contributed by atoms with E-state index in [2.05, 4.69) is 27.1 Å². The Bertz CT molecular complexity index is 1110. The van der Waals surface area contributed by atoms with Crippen LogP contribution >= 0.6 is 11.3 Å². The van der Waals surface area contributed by atoms with E-state index in [0.29, 0.717) is 29.3 Å². The van der Waals surface area contributed by atoms with E-state index < -0.39 is 0 Å². The van der Waals surface area contributed by atoms with Gasteiger partial charge in [-0.1, -0.05) is 13.0 Å². The number of hydrogen-bond donors (Lipinski definition) is 1. The Hall–Kier alpha value is -2.87. The van der Waals surface area contributed by atoms with Gasteiger partial charge in [-0.25, -0.2) is 9.97 Å². The number of benzene rings is 1. The van der Waals surface area contributed by atoms with Crippen LogP contribution in [0.5, 0.6) is 11.5 Å². The number of nitrogens with one attached hydrogen (secondary N) is 1. The van der Waals surface area contributed by atoms with E-state index in [0.717, 1.165) is 59.0 Å². The first-order chi connectivity index (χ1) is 15.5. The third kappa shape index (κ3) is 4.50. The zero-order chi connectivity index (χ0) is 22.7. The van der Waals surface area contributed by atoms with Gasteiger partial charge >= 0.3 is 0 Å². The second kappa shape index (κ2) is 9.73. The quantitative estimate of drug-likeness (QED) is 0.576. The maximum atomic E-state index is 13.0. The lowest BCUT2D eigenvalue weighted by atomic mass is 9.99. The topological polar surface area (TPSA) is 76.6 Å². The van der Waals surface area contributed by atoms with Gasteiger partial charge in [-0.05, 0) is 55.4 Å². The standard InChI is InChI=1S/C24H30N4O3S/c1-15-8-11-28(12-9-15)22-20-16(2)21(32-24(20)27-14-26-22)23(29)25-10-7-17-5-6-18(30-3)19(13-17)31-4/h5-6,13-15H,7-12H2,1-4H3,(H,25,29). The van der Waals surface area contributed by atoms with Crippen molar-refractivity contribution in [3.63, 3.8) is 0 Å². The Labute approximate surface area is 192 Å². The second-order valence-corrected chi connectivity index (χ2v) is 9.30. The summed E-state index contributed by atoms with van der Waals surface area (Å²) < 4.78 is 10.6. The minimum absolute atomic E-state index is 0.0656. The van der Waals surface area contributed by atoms with Crippen LogP contribution in [0.15, 0.2) is 24.5 Å². The Balaban J connectivity index is 1.47. The first kappa shape index (κ1) is 22.3. The van der Waals surface area contributed by atoms with Gasteiger partial charge in [-0.15, -0.1) is 11.3 Å². The number of carbonyl (C=O) groups excluding carboxylic acids is 1. The van der Waals surface area contributed by atoms with Crippen LogP contribution in [0.25, 0.3) is 10.2 Å². The Morgan fingerprint density at radius 2 is 1.94 bits per heavy atom. The van der Waals surface area contributed by atoms with Gasteiger partial charge < -0.3 is 19.7 Å². The SMILES string of the molecule is COc1ccc(CCNC(=O)c2sc3ncnc(N4CCC(C)CC4)c3c2C)cc1OC. The predicted molar refractivity (Wildman–Crippen MR) is 128 cm³/mol. The molecular weight excluding hydrogens is 424 g/mol. The number of aryl methyl sites for hydroxylation is 1. The van der Waals surface area contributed by atoms with Crippen LogP contribution in [0.3, 0.4) is 0 Å². The molecule has 32 heavy (non-hydrogen) atoms. The van der Waals surface area contributed by atoms with Crippen LogP contribution in [-0.2, 0) is 6.42 Å². The number of amides is 1. The average molecular weight is 455 g/mol. The fourth-order valence-corrected chi connectivity index (χ4v) is 5.23. The molecule has 170 valence electrons. The maximum Gasteiger partial charge on any atom is 0.261 e. The van der Waals surface area contributed by atoms with Gasteiger partial charge in [0, 0.05) is 19.6 Å². The van der Waals surface area contributed by atoms with Crippen LogP contribution in [0.2, 0.25) is 0 Å². The summed E-state index contributed by atoms with van der Waals surface area (Å²) in [5.74, 6) is 3.03. The summed E-state index contributed by atoms with van der Waals surface area (Å²) >= 11 is 1.44. The smallest absolute Gasteiger partial charge is 0.261 e. The zero-order valence-electron chi connectivity index (χ0n) is 19.1. The average Bonchev–Trinajstić information content (AvgIpc) is 3.16. The first-order valence-electron chi connectivity index (χ1n) is 11.0. The molecule has 1 amide bonds. The summed E-state index contributed by atoms with van der Waals surface area (Å²) in [6.07, 6.45) is 4.65. The minimum atomic E-state index is -0.0656. The highest BCUT2D eigenvalue weighted by Crippen LogP contribution is 2.36. The highest BCUT2D eigenvalue weighted by Gasteiger charge is 2.24. The van der Waals surface area contributed by atoms with Gasteiger partial charge in [-0.2, -0.15) is 0 Å². The molecule has 1 saturated heterocycles. The molecule has 1 aliphatic heterocycles. The van der Waals surface area contributed by atoms with Crippen molar-refractivity contribution in [2.24, 2.45) is 5.92 Å². The molecule has 8 heteroatoms. The van der Waals surface area contributed by atoms with Gasteiger partial charge in [-0.3, -0.25) is 4.79 Å². The highest BCUT2D eigenvalue weighted by molar-refractivity contribution is 7.20. The molecule has 1 N–H and O–H groups in total. The van der Waals surface area contributed by atoms with Crippen LogP contribution in [0.1, 0.15) is 40.6 Å². The summed E-state index contributed by atoms with van der Waals surface area (Å²) in [5, 5.41) is 4.07. The van der Waals surface area contributed by atoms with Crippen molar-refractivity contribution in [1.82, 2.24) is 15.3 Å². The summed E-state index contributed by atoms with van der Waals surface area (Å²) in [7, 11) is 3.24. The monoisotopic (exact) mass is 454 g/mol. The number of rotatable bonds is 7. The third-order valence-corrected chi connectivity index (χ3v) is 7.34. The van der Waals surface area contributed by atoms with Crippen molar-refractivity contribution in [3.8, 4) is 11.5 Å². The zero-order valence-corrected chi connectivity index (χ0v) is 19.9. The molecule has 3 heterocycles. The van der Waals surface area contributed by atoms with Gasteiger partial charge in [0.1, 0.15) is 17.0 Å². The largest absolute Gasteiger partial charge is 0.493 e. The van der Waals surface area contributed by atoms with Crippen molar-refractivity contribution in [3.05, 3.63) is 40.5 Å². The molecule has 0 bridgehead atoms. The number of carbonyl (C=O) groups is 1. The van der Waals surface area contributed by atoms with Gasteiger partial charge in [0.2, 0.25) is 0 Å². The molecule has 1 aromatic carbocycles. The second-order valence-electron chi connectivity index (χ2n) is 8.30. The summed E-state index contributed by atoms with van der Waals surface area (Å²) in [5.41, 5.74) is 2.03. The van der Waals surface area contributed by atoms with Crippen molar-refractivity contribution in [2.45, 2.75) is 33.1 Å². The number of fused-ring (bicyclic) bond motifs is 1. The normalized spacial score (nSPS) is 14.6. The molecule has 1 aliphatic rings. The molecule has 1 fully saturated rings. The number of piperidine rings is 1. The summed E-state index contributed by atoms with van der Waals surface area (Å²) in [6.45, 7) is 6.82. The molecule has 4 rings (SSSR count). The van der Waals surface area contributed by atoms with E-state index >= 15 is 0 Å². The van der Waals surface area contributed by atoms with E-state index in [9.17, 15) is 4.79 Å². The molecule has 2 aromatic heterocycles. The van der Waals surface area contributed by atoms with E-state index in [-0.39, 0.29) is 5.91 Å². The van der Waals surface area contributed by atoms with E-state index in [1.54, 1.807) is 20.5 Å². The van der Waals surface area contributed by atoms with Crippen molar-refractivity contribution >= 4 is 33.3 Å². The summed E-state index contributed by atoms with van der Waals surface area (Å²) in [6, 6.07) is 5.81. The van der Waals surface area contributed by atoms with Crippen molar-refractivity contribution in [1.29, 1.82) is 0 Å². The number of thiophene rings is 1. The predicted octanol–water partition coefficient (Wildman–Crippen LogP) is 4.23. The fourth-order valence-electron chi connectivity index (χ4n) is 4.17. The Morgan fingerprint density at radius 3 is 2.66 bits per heavy atom. The molecular formula is C24H30N4O3S. The van der Waals surface area contributed by atoms with Gasteiger partial charge in [0.25, 0.3) is 5.91 Å². The number of hydrogen-bond acceptors (Lipinski definition) is 7. The number of aromatic nitrogens is 2. The molecule has 7 nitrogen and oxygen atoms in total. The molecule has 0 unspecified atom stereocenters. The molecule has 0 spiro atoms. The number of ether oxygens (including phenoxy) is 2. The molecule has 0 aliphatic carbocycles. The van der Waals surface area contributed by atoms with Gasteiger partial charge in [0.05, 0.1) is 24.5 Å². The van der Waals surface area contributed by atoms with Crippen LogP contribution < -0.4 is 19.7 Å². The van der Waals surface area contributed by atoms with E-state index in [1.807, 2.05) is 25.1 Å². The third-order valence-electron chi connectivity index (χ3n) is 6.14.